The molecule has 0 bridgehead atoms. The topological polar surface area (TPSA) is 12.0 Å². The van der Waals surface area contributed by atoms with Gasteiger partial charge in [0.15, 0.2) is 0 Å². The molecular weight excluding hydrogens is 364 g/mol. The molecule has 0 aromatic heterocycles. The van der Waals surface area contributed by atoms with Gasteiger partial charge in [-0.25, -0.2) is 4.39 Å². The van der Waals surface area contributed by atoms with Crippen LogP contribution in [0.15, 0.2) is 34.8 Å². The Morgan fingerprint density at radius 2 is 1.85 bits per heavy atom. The number of anilines is 1. The first kappa shape index (κ1) is 15.6. The summed E-state index contributed by atoms with van der Waals surface area (Å²) in [4.78, 5) is 0. The molecule has 0 amide bonds. The fourth-order valence-electron chi connectivity index (χ4n) is 1.92. The molecular formula is C15H13BrCl2FN. The summed E-state index contributed by atoms with van der Waals surface area (Å²) in [5.74, 6) is -0.270. The van der Waals surface area contributed by atoms with E-state index in [0.717, 1.165) is 5.56 Å². The minimum atomic E-state index is -0.270. The first-order valence-electron chi connectivity index (χ1n) is 6.05. The van der Waals surface area contributed by atoms with E-state index in [1.165, 1.54) is 6.07 Å². The lowest BCUT2D eigenvalue weighted by Crippen LogP contribution is -2.09. The average molecular weight is 377 g/mol. The van der Waals surface area contributed by atoms with E-state index in [2.05, 4.69) is 21.2 Å². The minimum Gasteiger partial charge on any atom is -0.377 e. The van der Waals surface area contributed by atoms with Crippen molar-refractivity contribution in [2.75, 3.05) is 5.32 Å². The second-order valence-corrected chi connectivity index (χ2v) is 6.34. The normalized spacial score (nSPS) is 12.3. The Morgan fingerprint density at radius 1 is 1.15 bits per heavy atom. The SMILES string of the molecule is Cc1cc(Cl)c(NC(C)c2ccc(Br)cc2F)cc1Cl. The third-order valence-electron chi connectivity index (χ3n) is 3.05. The summed E-state index contributed by atoms with van der Waals surface area (Å²) in [7, 11) is 0. The summed E-state index contributed by atoms with van der Waals surface area (Å²) in [6.45, 7) is 3.76. The lowest BCUT2D eigenvalue weighted by atomic mass is 10.1. The first-order chi connectivity index (χ1) is 9.38. The third-order valence-corrected chi connectivity index (χ3v) is 4.26. The number of rotatable bonds is 3. The molecule has 0 spiro atoms. The molecule has 0 aliphatic rings. The van der Waals surface area contributed by atoms with Gasteiger partial charge in [0.2, 0.25) is 0 Å². The number of benzene rings is 2. The Morgan fingerprint density at radius 3 is 2.50 bits per heavy atom. The highest BCUT2D eigenvalue weighted by molar-refractivity contribution is 9.10. The quantitative estimate of drug-likeness (QED) is 0.655. The Balaban J connectivity index is 2.27. The van der Waals surface area contributed by atoms with E-state index in [1.54, 1.807) is 24.3 Å². The highest BCUT2D eigenvalue weighted by Gasteiger charge is 2.13. The van der Waals surface area contributed by atoms with Gasteiger partial charge in [-0.2, -0.15) is 0 Å². The van der Waals surface area contributed by atoms with Crippen LogP contribution in [0.5, 0.6) is 0 Å². The summed E-state index contributed by atoms with van der Waals surface area (Å²) >= 11 is 15.5. The van der Waals surface area contributed by atoms with Crippen molar-refractivity contribution in [1.82, 2.24) is 0 Å². The van der Waals surface area contributed by atoms with Crippen molar-refractivity contribution < 1.29 is 4.39 Å². The Labute approximate surface area is 136 Å². The number of aryl methyl sites for hydroxylation is 1. The van der Waals surface area contributed by atoms with Crippen molar-refractivity contribution in [3.63, 3.8) is 0 Å². The van der Waals surface area contributed by atoms with E-state index in [-0.39, 0.29) is 11.9 Å². The predicted molar refractivity (Wildman–Crippen MR) is 87.3 cm³/mol. The molecule has 0 aliphatic carbocycles. The number of nitrogens with one attached hydrogen (secondary N) is 1. The number of hydrogen-bond acceptors (Lipinski definition) is 1. The summed E-state index contributed by atoms with van der Waals surface area (Å²) in [5, 5.41) is 4.37. The molecule has 0 radical (unpaired) electrons. The molecule has 0 saturated carbocycles. The standard InChI is InChI=1S/C15H13BrCl2FN/c1-8-5-13(18)15(7-12(8)17)20-9(2)11-4-3-10(16)6-14(11)19/h3-7,9,20H,1-2H3. The summed E-state index contributed by atoms with van der Waals surface area (Å²) in [6, 6.07) is 8.31. The zero-order valence-electron chi connectivity index (χ0n) is 11.0. The van der Waals surface area contributed by atoms with Gasteiger partial charge in [0, 0.05) is 15.1 Å². The molecule has 1 atom stereocenters. The summed E-state index contributed by atoms with van der Waals surface area (Å²) in [5.41, 5.74) is 2.17. The second-order valence-electron chi connectivity index (χ2n) is 4.61. The molecule has 106 valence electrons. The zero-order chi connectivity index (χ0) is 14.9. The third kappa shape index (κ3) is 3.46. The largest absolute Gasteiger partial charge is 0.377 e. The van der Waals surface area contributed by atoms with Crippen LogP contribution in [0.25, 0.3) is 0 Å². The van der Waals surface area contributed by atoms with Gasteiger partial charge in [0.05, 0.1) is 16.8 Å². The average Bonchev–Trinajstić information content (AvgIpc) is 2.35. The molecule has 2 rings (SSSR count). The van der Waals surface area contributed by atoms with Crippen LogP contribution in [0.1, 0.15) is 24.1 Å². The Bertz CT molecular complexity index is 646. The first-order valence-corrected chi connectivity index (χ1v) is 7.60. The Kier molecular flexibility index (Phi) is 4.95. The molecule has 5 heteroatoms. The maximum atomic E-state index is 13.9. The van der Waals surface area contributed by atoms with Gasteiger partial charge in [0.1, 0.15) is 5.82 Å². The van der Waals surface area contributed by atoms with Gasteiger partial charge in [-0.05, 0) is 43.7 Å². The van der Waals surface area contributed by atoms with Crippen molar-refractivity contribution in [1.29, 1.82) is 0 Å². The van der Waals surface area contributed by atoms with Gasteiger partial charge >= 0.3 is 0 Å². The van der Waals surface area contributed by atoms with Crippen LogP contribution in [-0.2, 0) is 0 Å². The van der Waals surface area contributed by atoms with Crippen LogP contribution in [0.3, 0.4) is 0 Å². The van der Waals surface area contributed by atoms with Crippen LogP contribution < -0.4 is 5.32 Å². The second kappa shape index (κ2) is 6.33. The van der Waals surface area contributed by atoms with Gasteiger partial charge in [0.25, 0.3) is 0 Å². The maximum Gasteiger partial charge on any atom is 0.129 e. The van der Waals surface area contributed by atoms with E-state index in [4.69, 9.17) is 23.2 Å². The lowest BCUT2D eigenvalue weighted by molar-refractivity contribution is 0.599. The van der Waals surface area contributed by atoms with Crippen LogP contribution in [-0.4, -0.2) is 0 Å². The van der Waals surface area contributed by atoms with E-state index in [9.17, 15) is 4.39 Å². The number of halogens is 4. The van der Waals surface area contributed by atoms with E-state index in [1.807, 2.05) is 13.8 Å². The van der Waals surface area contributed by atoms with Gasteiger partial charge < -0.3 is 5.32 Å². The Hall–Kier alpha value is -0.770. The fourth-order valence-corrected chi connectivity index (χ4v) is 2.69. The molecule has 0 heterocycles. The molecule has 0 fully saturated rings. The van der Waals surface area contributed by atoms with Crippen LogP contribution in [0.2, 0.25) is 10.0 Å². The molecule has 1 N–H and O–H groups in total. The highest BCUT2D eigenvalue weighted by Crippen LogP contribution is 2.32. The number of hydrogen-bond donors (Lipinski definition) is 1. The van der Waals surface area contributed by atoms with E-state index >= 15 is 0 Å². The molecule has 2 aromatic rings. The molecule has 0 aliphatic heterocycles. The fraction of sp³-hybridized carbons (Fsp3) is 0.200. The van der Waals surface area contributed by atoms with Gasteiger partial charge in [-0.1, -0.05) is 45.2 Å². The smallest absolute Gasteiger partial charge is 0.129 e. The van der Waals surface area contributed by atoms with Crippen LogP contribution in [0.4, 0.5) is 10.1 Å². The van der Waals surface area contributed by atoms with Crippen molar-refractivity contribution >= 4 is 44.8 Å². The maximum absolute atomic E-state index is 13.9. The van der Waals surface area contributed by atoms with Gasteiger partial charge in [-0.15, -0.1) is 0 Å². The van der Waals surface area contributed by atoms with Crippen molar-refractivity contribution in [2.24, 2.45) is 0 Å². The molecule has 20 heavy (non-hydrogen) atoms. The molecule has 1 nitrogen and oxygen atoms in total. The molecule has 1 unspecified atom stereocenters. The van der Waals surface area contributed by atoms with Gasteiger partial charge in [-0.3, -0.25) is 0 Å². The van der Waals surface area contributed by atoms with Crippen molar-refractivity contribution in [3.8, 4) is 0 Å². The predicted octanol–water partition coefficient (Wildman–Crippen LogP) is 6.38. The molecule has 0 saturated heterocycles. The lowest BCUT2D eigenvalue weighted by Gasteiger charge is -2.18. The van der Waals surface area contributed by atoms with Crippen molar-refractivity contribution in [3.05, 3.63) is 61.8 Å². The zero-order valence-corrected chi connectivity index (χ0v) is 14.1. The highest BCUT2D eigenvalue weighted by atomic mass is 79.9. The van der Waals surface area contributed by atoms with Crippen LogP contribution >= 0.6 is 39.1 Å². The summed E-state index contributed by atoms with van der Waals surface area (Å²) in [6.07, 6.45) is 0. The van der Waals surface area contributed by atoms with E-state index < -0.39 is 0 Å². The molecule has 2 aromatic carbocycles. The van der Waals surface area contributed by atoms with Crippen molar-refractivity contribution in [2.45, 2.75) is 19.9 Å². The monoisotopic (exact) mass is 375 g/mol. The minimum absolute atomic E-state index is 0.223. The summed E-state index contributed by atoms with van der Waals surface area (Å²) < 4.78 is 14.6. The van der Waals surface area contributed by atoms with Crippen LogP contribution in [0, 0.1) is 12.7 Å². The van der Waals surface area contributed by atoms with E-state index in [0.29, 0.717) is 25.8 Å².